The lowest BCUT2D eigenvalue weighted by molar-refractivity contribution is 0.242. The van der Waals surface area contributed by atoms with Gasteiger partial charge in [-0.1, -0.05) is 0 Å². The number of urea groups is 1. The van der Waals surface area contributed by atoms with E-state index in [0.717, 1.165) is 5.75 Å². The summed E-state index contributed by atoms with van der Waals surface area (Å²) in [5, 5.41) is 5.35. The highest BCUT2D eigenvalue weighted by molar-refractivity contribution is 7.91. The molecule has 2 rings (SSSR count). The third kappa shape index (κ3) is 4.93. The highest BCUT2D eigenvalue weighted by Crippen LogP contribution is 2.17. The molecule has 0 spiro atoms. The van der Waals surface area contributed by atoms with Crippen LogP contribution in [0.5, 0.6) is 5.75 Å². The Balaban J connectivity index is 1.85. The van der Waals surface area contributed by atoms with Crippen LogP contribution in [0, 0.1) is 0 Å². The molecule has 1 heterocycles. The van der Waals surface area contributed by atoms with Crippen molar-refractivity contribution < 1.29 is 17.9 Å². The Labute approximate surface area is 124 Å². The van der Waals surface area contributed by atoms with Crippen molar-refractivity contribution in [1.29, 1.82) is 0 Å². The highest BCUT2D eigenvalue weighted by Gasteiger charge is 2.28. The van der Waals surface area contributed by atoms with Crippen LogP contribution in [0.3, 0.4) is 0 Å². The van der Waals surface area contributed by atoms with Crippen molar-refractivity contribution in [2.45, 2.75) is 32.4 Å². The van der Waals surface area contributed by atoms with E-state index in [1.54, 1.807) is 24.3 Å². The van der Waals surface area contributed by atoms with Crippen LogP contribution in [0.2, 0.25) is 0 Å². The fourth-order valence-corrected chi connectivity index (χ4v) is 3.82. The monoisotopic (exact) mass is 312 g/mol. The number of benzene rings is 1. The molecule has 0 saturated carbocycles. The first-order valence-electron chi connectivity index (χ1n) is 6.89. The van der Waals surface area contributed by atoms with Crippen molar-refractivity contribution in [2.24, 2.45) is 0 Å². The molecule has 1 fully saturated rings. The summed E-state index contributed by atoms with van der Waals surface area (Å²) in [6.07, 6.45) is 0.563. The standard InChI is InChI=1S/C14H20N2O4S/c1-10(2)20-13-5-3-11(4-6-13)15-14(17)16-12-7-8-21(18,19)9-12/h3-6,10,12H,7-9H2,1-2H3,(H2,15,16,17)/t12-/m1/s1. The van der Waals surface area contributed by atoms with Crippen molar-refractivity contribution in [2.75, 3.05) is 16.8 Å². The zero-order valence-electron chi connectivity index (χ0n) is 12.1. The van der Waals surface area contributed by atoms with Gasteiger partial charge in [-0.3, -0.25) is 0 Å². The molecule has 116 valence electrons. The molecule has 7 heteroatoms. The third-order valence-electron chi connectivity index (χ3n) is 3.05. The van der Waals surface area contributed by atoms with Crippen LogP contribution in [0.15, 0.2) is 24.3 Å². The summed E-state index contributed by atoms with van der Waals surface area (Å²) in [5.41, 5.74) is 0.629. The summed E-state index contributed by atoms with van der Waals surface area (Å²) in [6.45, 7) is 3.88. The summed E-state index contributed by atoms with van der Waals surface area (Å²) in [6, 6.07) is 6.32. The predicted octanol–water partition coefficient (Wildman–Crippen LogP) is 1.78. The zero-order chi connectivity index (χ0) is 15.5. The van der Waals surface area contributed by atoms with Gasteiger partial charge in [-0.15, -0.1) is 0 Å². The number of carbonyl (C=O) groups excluding carboxylic acids is 1. The van der Waals surface area contributed by atoms with Gasteiger partial charge in [-0.05, 0) is 44.5 Å². The normalized spacial score (nSPS) is 20.2. The van der Waals surface area contributed by atoms with Gasteiger partial charge in [-0.2, -0.15) is 0 Å². The van der Waals surface area contributed by atoms with Crippen molar-refractivity contribution in [1.82, 2.24) is 5.32 Å². The molecule has 1 aromatic carbocycles. The van der Waals surface area contributed by atoms with E-state index in [-0.39, 0.29) is 23.7 Å². The lowest BCUT2D eigenvalue weighted by Crippen LogP contribution is -2.38. The molecule has 0 unspecified atom stereocenters. The Morgan fingerprint density at radius 3 is 2.48 bits per heavy atom. The van der Waals surface area contributed by atoms with Crippen LogP contribution in [0.4, 0.5) is 10.5 Å². The van der Waals surface area contributed by atoms with Gasteiger partial charge in [0.05, 0.1) is 17.6 Å². The lowest BCUT2D eigenvalue weighted by atomic mass is 10.2. The molecule has 2 amide bonds. The molecule has 0 aromatic heterocycles. The molecule has 6 nitrogen and oxygen atoms in total. The van der Waals surface area contributed by atoms with E-state index in [9.17, 15) is 13.2 Å². The van der Waals surface area contributed by atoms with Gasteiger partial charge in [0.2, 0.25) is 0 Å². The van der Waals surface area contributed by atoms with Crippen molar-refractivity contribution >= 4 is 21.6 Å². The van der Waals surface area contributed by atoms with Gasteiger partial charge in [0, 0.05) is 11.7 Å². The average molecular weight is 312 g/mol. The molecule has 1 saturated heterocycles. The first-order valence-corrected chi connectivity index (χ1v) is 8.71. The molecule has 2 N–H and O–H groups in total. The number of carbonyl (C=O) groups is 1. The van der Waals surface area contributed by atoms with Gasteiger partial charge < -0.3 is 15.4 Å². The topological polar surface area (TPSA) is 84.5 Å². The Kier molecular flexibility index (Phi) is 4.72. The summed E-state index contributed by atoms with van der Waals surface area (Å²) >= 11 is 0. The Morgan fingerprint density at radius 2 is 1.95 bits per heavy atom. The Bertz CT molecular complexity index is 596. The first kappa shape index (κ1) is 15.6. The highest BCUT2D eigenvalue weighted by atomic mass is 32.2. The maximum atomic E-state index is 11.8. The fourth-order valence-electron chi connectivity index (χ4n) is 2.15. The quantitative estimate of drug-likeness (QED) is 0.887. The second-order valence-electron chi connectivity index (χ2n) is 5.39. The minimum Gasteiger partial charge on any atom is -0.491 e. The summed E-state index contributed by atoms with van der Waals surface area (Å²) in [7, 11) is -2.99. The summed E-state index contributed by atoms with van der Waals surface area (Å²) in [4.78, 5) is 11.8. The van der Waals surface area contributed by atoms with E-state index >= 15 is 0 Å². The number of hydrogen-bond donors (Lipinski definition) is 2. The largest absolute Gasteiger partial charge is 0.491 e. The molecule has 0 bridgehead atoms. The van der Waals surface area contributed by atoms with E-state index < -0.39 is 15.9 Å². The molecule has 1 atom stereocenters. The molecular weight excluding hydrogens is 292 g/mol. The van der Waals surface area contributed by atoms with E-state index in [1.807, 2.05) is 13.8 Å². The predicted molar refractivity (Wildman–Crippen MR) is 81.4 cm³/mol. The van der Waals surface area contributed by atoms with Gasteiger partial charge in [0.15, 0.2) is 9.84 Å². The maximum Gasteiger partial charge on any atom is 0.319 e. The van der Waals surface area contributed by atoms with E-state index in [1.165, 1.54) is 0 Å². The minimum atomic E-state index is -2.99. The Morgan fingerprint density at radius 1 is 1.29 bits per heavy atom. The number of nitrogens with one attached hydrogen (secondary N) is 2. The molecule has 0 radical (unpaired) electrons. The summed E-state index contributed by atoms with van der Waals surface area (Å²) < 4.78 is 28.2. The lowest BCUT2D eigenvalue weighted by Gasteiger charge is -2.13. The summed E-state index contributed by atoms with van der Waals surface area (Å²) in [5.74, 6) is 0.888. The van der Waals surface area contributed by atoms with Crippen LogP contribution < -0.4 is 15.4 Å². The van der Waals surface area contributed by atoms with E-state index in [4.69, 9.17) is 4.74 Å². The molecule has 1 aliphatic rings. The van der Waals surface area contributed by atoms with Gasteiger partial charge in [-0.25, -0.2) is 13.2 Å². The first-order chi connectivity index (χ1) is 9.84. The number of amides is 2. The zero-order valence-corrected chi connectivity index (χ0v) is 12.9. The van der Waals surface area contributed by atoms with Crippen LogP contribution in [-0.2, 0) is 9.84 Å². The number of sulfone groups is 1. The van der Waals surface area contributed by atoms with E-state index in [0.29, 0.717) is 12.1 Å². The van der Waals surface area contributed by atoms with Crippen molar-refractivity contribution in [3.63, 3.8) is 0 Å². The SMILES string of the molecule is CC(C)Oc1ccc(NC(=O)N[C@@H]2CCS(=O)(=O)C2)cc1. The van der Waals surface area contributed by atoms with E-state index in [2.05, 4.69) is 10.6 Å². The maximum absolute atomic E-state index is 11.8. The van der Waals surface area contributed by atoms with Gasteiger partial charge >= 0.3 is 6.03 Å². The Hall–Kier alpha value is -1.76. The smallest absolute Gasteiger partial charge is 0.319 e. The number of rotatable bonds is 4. The van der Waals surface area contributed by atoms with Gasteiger partial charge in [0.25, 0.3) is 0 Å². The molecule has 0 aliphatic carbocycles. The molecule has 21 heavy (non-hydrogen) atoms. The second kappa shape index (κ2) is 6.34. The second-order valence-corrected chi connectivity index (χ2v) is 7.62. The van der Waals surface area contributed by atoms with Crippen molar-refractivity contribution in [3.05, 3.63) is 24.3 Å². The van der Waals surface area contributed by atoms with Crippen LogP contribution in [0.1, 0.15) is 20.3 Å². The van der Waals surface area contributed by atoms with Crippen molar-refractivity contribution in [3.8, 4) is 5.75 Å². The average Bonchev–Trinajstić information content (AvgIpc) is 2.70. The van der Waals surface area contributed by atoms with Crippen LogP contribution in [0.25, 0.3) is 0 Å². The number of ether oxygens (including phenoxy) is 1. The third-order valence-corrected chi connectivity index (χ3v) is 4.82. The molecule has 1 aliphatic heterocycles. The fraction of sp³-hybridized carbons (Fsp3) is 0.500. The number of hydrogen-bond acceptors (Lipinski definition) is 4. The van der Waals surface area contributed by atoms with Crippen LogP contribution in [-0.4, -0.2) is 38.1 Å². The molecule has 1 aromatic rings. The number of anilines is 1. The van der Waals surface area contributed by atoms with Crippen LogP contribution >= 0.6 is 0 Å². The minimum absolute atomic E-state index is 0.0155. The van der Waals surface area contributed by atoms with Gasteiger partial charge in [0.1, 0.15) is 5.75 Å². The molecular formula is C14H20N2O4S.